The molecule has 4 rings (SSSR count). The first kappa shape index (κ1) is 14.7. The summed E-state index contributed by atoms with van der Waals surface area (Å²) in [5, 5.41) is 10.8. The molecule has 122 valence electrons. The molecule has 0 atom stereocenters. The van der Waals surface area contributed by atoms with Crippen molar-refractivity contribution in [2.24, 2.45) is 17.8 Å². The predicted octanol–water partition coefficient (Wildman–Crippen LogP) is 3.64. The Kier molecular flexibility index (Phi) is 3.22. The molecule has 3 aliphatic carbocycles. The van der Waals surface area contributed by atoms with E-state index in [1.807, 2.05) is 11.9 Å². The molecule has 3 fully saturated rings. The van der Waals surface area contributed by atoms with Gasteiger partial charge in [-0.1, -0.05) is 0 Å². The van der Waals surface area contributed by atoms with Crippen LogP contribution in [0.4, 0.5) is 5.69 Å². The fourth-order valence-corrected chi connectivity index (χ4v) is 4.55. The highest BCUT2D eigenvalue weighted by molar-refractivity contribution is 5.95. The molecule has 5 nitrogen and oxygen atoms in total. The highest BCUT2D eigenvalue weighted by Gasteiger charge is 2.63. The molecule has 0 unspecified atom stereocenters. The number of hydrogen-bond acceptors (Lipinski definition) is 3. The van der Waals surface area contributed by atoms with Gasteiger partial charge in [0.15, 0.2) is 0 Å². The van der Waals surface area contributed by atoms with E-state index >= 15 is 0 Å². The van der Waals surface area contributed by atoms with Crippen molar-refractivity contribution in [3.8, 4) is 0 Å². The molecule has 3 saturated carbocycles. The molecule has 0 N–H and O–H groups in total. The van der Waals surface area contributed by atoms with Crippen molar-refractivity contribution in [1.29, 1.82) is 0 Å². The van der Waals surface area contributed by atoms with Gasteiger partial charge in [0.05, 0.1) is 10.5 Å². The lowest BCUT2D eigenvalue weighted by Crippen LogP contribution is -2.55. The van der Waals surface area contributed by atoms with E-state index in [9.17, 15) is 14.9 Å². The predicted molar refractivity (Wildman–Crippen MR) is 86.1 cm³/mol. The Labute approximate surface area is 135 Å². The van der Waals surface area contributed by atoms with Crippen LogP contribution in [0.2, 0.25) is 0 Å². The number of nitrogens with zero attached hydrogens (tertiary/aromatic N) is 2. The molecule has 0 aliphatic heterocycles. The molecular formula is C18H22N2O3. The smallest absolute Gasteiger partial charge is 0.269 e. The van der Waals surface area contributed by atoms with Gasteiger partial charge in [0.25, 0.3) is 11.6 Å². The Morgan fingerprint density at radius 1 is 1.04 bits per heavy atom. The Balaban J connectivity index is 1.62. The van der Waals surface area contributed by atoms with Crippen LogP contribution in [0, 0.1) is 27.9 Å². The number of amides is 1. The van der Waals surface area contributed by atoms with Crippen molar-refractivity contribution in [2.75, 3.05) is 7.05 Å². The molecule has 0 bridgehead atoms. The summed E-state index contributed by atoms with van der Waals surface area (Å²) in [6, 6.07) is 6.03. The summed E-state index contributed by atoms with van der Waals surface area (Å²) in [6.07, 6.45) is 7.45. The van der Waals surface area contributed by atoms with Crippen LogP contribution < -0.4 is 0 Å². The molecule has 23 heavy (non-hydrogen) atoms. The summed E-state index contributed by atoms with van der Waals surface area (Å²) in [4.78, 5) is 25.4. The third-order valence-corrected chi connectivity index (χ3v) is 5.90. The second-order valence-corrected chi connectivity index (χ2v) is 7.38. The maximum absolute atomic E-state index is 13.0. The third-order valence-electron chi connectivity index (χ3n) is 5.90. The topological polar surface area (TPSA) is 63.5 Å². The Hall–Kier alpha value is -1.91. The van der Waals surface area contributed by atoms with Crippen molar-refractivity contribution < 1.29 is 9.72 Å². The minimum Gasteiger partial charge on any atom is -0.335 e. The van der Waals surface area contributed by atoms with Crippen molar-refractivity contribution in [3.63, 3.8) is 0 Å². The van der Waals surface area contributed by atoms with Gasteiger partial charge >= 0.3 is 0 Å². The highest BCUT2D eigenvalue weighted by atomic mass is 16.6. The number of carbonyl (C=O) groups is 1. The molecule has 0 radical (unpaired) electrons. The minimum absolute atomic E-state index is 0.0191. The fourth-order valence-electron chi connectivity index (χ4n) is 4.55. The van der Waals surface area contributed by atoms with Gasteiger partial charge in [-0.05, 0) is 68.4 Å². The second kappa shape index (κ2) is 5.05. The summed E-state index contributed by atoms with van der Waals surface area (Å²) in [6.45, 7) is 0. The lowest BCUT2D eigenvalue weighted by atomic mass is 9.80. The van der Waals surface area contributed by atoms with E-state index in [0.29, 0.717) is 23.3 Å². The van der Waals surface area contributed by atoms with Crippen LogP contribution in [0.25, 0.3) is 0 Å². The number of hydrogen-bond donors (Lipinski definition) is 0. The molecule has 1 aromatic carbocycles. The van der Waals surface area contributed by atoms with Crippen LogP contribution in [0.5, 0.6) is 0 Å². The summed E-state index contributed by atoms with van der Waals surface area (Å²) >= 11 is 0. The van der Waals surface area contributed by atoms with Crippen LogP contribution in [0.15, 0.2) is 24.3 Å². The van der Waals surface area contributed by atoms with E-state index in [1.165, 1.54) is 50.7 Å². The maximum Gasteiger partial charge on any atom is 0.269 e. The van der Waals surface area contributed by atoms with Crippen molar-refractivity contribution >= 4 is 11.6 Å². The van der Waals surface area contributed by atoms with Gasteiger partial charge in [0.2, 0.25) is 0 Å². The largest absolute Gasteiger partial charge is 0.335 e. The van der Waals surface area contributed by atoms with Crippen LogP contribution in [-0.2, 0) is 0 Å². The van der Waals surface area contributed by atoms with E-state index in [2.05, 4.69) is 0 Å². The van der Waals surface area contributed by atoms with E-state index in [-0.39, 0.29) is 17.1 Å². The zero-order valence-corrected chi connectivity index (χ0v) is 13.4. The van der Waals surface area contributed by atoms with E-state index in [1.54, 1.807) is 12.1 Å². The summed E-state index contributed by atoms with van der Waals surface area (Å²) in [5.41, 5.74) is 0.644. The van der Waals surface area contributed by atoms with Gasteiger partial charge in [-0.25, -0.2) is 0 Å². The molecular weight excluding hydrogens is 292 g/mol. The first-order valence-corrected chi connectivity index (χ1v) is 8.57. The average Bonchev–Trinajstić information content (AvgIpc) is 3.42. The van der Waals surface area contributed by atoms with Crippen LogP contribution in [0.3, 0.4) is 0 Å². The van der Waals surface area contributed by atoms with Gasteiger partial charge in [-0.15, -0.1) is 0 Å². The number of nitro groups is 1. The number of carbonyl (C=O) groups excluding carboxylic acids is 1. The Morgan fingerprint density at radius 3 is 1.83 bits per heavy atom. The number of benzene rings is 1. The highest BCUT2D eigenvalue weighted by Crippen LogP contribution is 2.63. The Morgan fingerprint density at radius 2 is 1.48 bits per heavy atom. The zero-order valence-electron chi connectivity index (χ0n) is 13.4. The van der Waals surface area contributed by atoms with Gasteiger partial charge in [-0.2, -0.15) is 0 Å². The lowest BCUT2D eigenvalue weighted by Gasteiger charge is -2.44. The normalized spacial score (nSPS) is 21.1. The average molecular weight is 314 g/mol. The zero-order chi connectivity index (χ0) is 16.2. The van der Waals surface area contributed by atoms with E-state index < -0.39 is 4.92 Å². The van der Waals surface area contributed by atoms with E-state index in [0.717, 1.165) is 0 Å². The quantitative estimate of drug-likeness (QED) is 0.595. The van der Waals surface area contributed by atoms with Gasteiger partial charge in [0.1, 0.15) is 0 Å². The first-order valence-electron chi connectivity index (χ1n) is 8.57. The first-order chi connectivity index (χ1) is 11.0. The molecule has 0 saturated heterocycles. The van der Waals surface area contributed by atoms with Crippen LogP contribution >= 0.6 is 0 Å². The van der Waals surface area contributed by atoms with Crippen LogP contribution in [-0.4, -0.2) is 28.3 Å². The Bertz CT molecular complexity index is 611. The van der Waals surface area contributed by atoms with Crippen LogP contribution in [0.1, 0.15) is 48.9 Å². The molecule has 0 heterocycles. The number of rotatable bonds is 6. The maximum atomic E-state index is 13.0. The monoisotopic (exact) mass is 314 g/mol. The molecule has 3 aliphatic rings. The molecule has 1 amide bonds. The molecule has 1 aromatic rings. The van der Waals surface area contributed by atoms with Gasteiger partial charge in [0, 0.05) is 24.7 Å². The fraction of sp³-hybridized carbons (Fsp3) is 0.611. The summed E-state index contributed by atoms with van der Waals surface area (Å²) in [5.74, 6) is 2.00. The SMILES string of the molecule is CN(C(=O)c1ccc([N+](=O)[O-])cc1)C(C1CC1)(C1CC1)C1CC1. The molecule has 0 aromatic heterocycles. The standard InChI is InChI=1S/C18H22N2O3/c1-19(17(21)12-2-10-16(11-3-12)20(22)23)18(13-4-5-13,14-6-7-14)15-8-9-15/h2-3,10-11,13-15H,4-9H2,1H3. The van der Waals surface area contributed by atoms with Crippen molar-refractivity contribution in [3.05, 3.63) is 39.9 Å². The van der Waals surface area contributed by atoms with Gasteiger partial charge < -0.3 is 4.90 Å². The molecule has 0 spiro atoms. The number of non-ortho nitro benzene ring substituents is 1. The summed E-state index contributed by atoms with van der Waals surface area (Å²) < 4.78 is 0. The third kappa shape index (κ3) is 2.33. The van der Waals surface area contributed by atoms with Gasteiger partial charge in [-0.3, -0.25) is 14.9 Å². The minimum atomic E-state index is -0.430. The second-order valence-electron chi connectivity index (χ2n) is 7.38. The summed E-state index contributed by atoms with van der Waals surface area (Å²) in [7, 11) is 1.96. The van der Waals surface area contributed by atoms with Crippen molar-refractivity contribution in [1.82, 2.24) is 4.90 Å². The van der Waals surface area contributed by atoms with E-state index in [4.69, 9.17) is 0 Å². The lowest BCUT2D eigenvalue weighted by molar-refractivity contribution is -0.384. The molecule has 5 heteroatoms. The number of nitro benzene ring substituents is 1. The van der Waals surface area contributed by atoms with Crippen molar-refractivity contribution in [2.45, 2.75) is 44.1 Å².